The predicted octanol–water partition coefficient (Wildman–Crippen LogP) is 7.71. The summed E-state index contributed by atoms with van der Waals surface area (Å²) >= 11 is 13.0. The van der Waals surface area contributed by atoms with E-state index in [2.05, 4.69) is 25.3 Å². The van der Waals surface area contributed by atoms with Crippen molar-refractivity contribution in [3.05, 3.63) is 69.1 Å². The molecule has 2 heterocycles. The van der Waals surface area contributed by atoms with Crippen LogP contribution >= 0.6 is 34.5 Å². The standard InChI is InChI=1S/C26H26Cl2FN5O2S2.C2HF3O2/c27-23-13-22(24(28)37-23)38(35,36)31-15-17-10-8-16(9-11-17)14-30-26-33-21-7-2-1-6-20(21)25(34-26)32-19-5-3-4-18(29)12-19;3-2(4,5)1(6)7/h1-7,12-13,16-17,31H,8-11,14-15H2,(H2,30,32,33,34);(H,6,7). The zero-order chi connectivity index (χ0) is 32.8. The molecule has 1 saturated carbocycles. The average Bonchev–Trinajstić information content (AvgIpc) is 3.34. The monoisotopic (exact) mass is 707 g/mol. The molecule has 9 nitrogen and oxygen atoms in total. The van der Waals surface area contributed by atoms with Gasteiger partial charge in [0.2, 0.25) is 16.0 Å². The van der Waals surface area contributed by atoms with E-state index in [1.54, 1.807) is 12.1 Å². The molecule has 2 aromatic carbocycles. The molecule has 1 fully saturated rings. The van der Waals surface area contributed by atoms with Crippen molar-refractivity contribution in [3.8, 4) is 0 Å². The van der Waals surface area contributed by atoms with Gasteiger partial charge >= 0.3 is 12.1 Å². The third-order valence-corrected chi connectivity index (χ3v) is 10.1. The molecule has 0 bridgehead atoms. The van der Waals surface area contributed by atoms with Crippen molar-refractivity contribution in [2.24, 2.45) is 11.8 Å². The summed E-state index contributed by atoms with van der Waals surface area (Å²) in [5.74, 6) is -1.30. The highest BCUT2D eigenvalue weighted by Crippen LogP contribution is 2.35. The minimum absolute atomic E-state index is 0.0358. The largest absolute Gasteiger partial charge is 0.490 e. The number of halogens is 6. The van der Waals surface area contributed by atoms with E-state index in [9.17, 15) is 26.0 Å². The number of rotatable bonds is 9. The van der Waals surface area contributed by atoms with Crippen LogP contribution in [0, 0.1) is 17.7 Å². The van der Waals surface area contributed by atoms with Crippen molar-refractivity contribution in [1.29, 1.82) is 0 Å². The first kappa shape index (κ1) is 34.6. The molecule has 0 radical (unpaired) electrons. The van der Waals surface area contributed by atoms with Gasteiger partial charge in [-0.2, -0.15) is 18.2 Å². The SMILES string of the molecule is O=C(O)C(F)(F)F.O=S(=O)(NCC1CCC(CNc2nc(Nc3cccc(F)c3)c3ccccc3n2)CC1)c1cc(Cl)sc1Cl. The van der Waals surface area contributed by atoms with Gasteiger partial charge in [0, 0.05) is 24.2 Å². The van der Waals surface area contributed by atoms with Gasteiger partial charge in [0.25, 0.3) is 0 Å². The Bertz CT molecular complexity index is 1750. The molecule has 45 heavy (non-hydrogen) atoms. The van der Waals surface area contributed by atoms with Crippen LogP contribution in [-0.4, -0.2) is 48.7 Å². The van der Waals surface area contributed by atoms with Gasteiger partial charge in [-0.25, -0.2) is 27.3 Å². The molecule has 0 spiro atoms. The van der Waals surface area contributed by atoms with Gasteiger partial charge in [-0.15, -0.1) is 11.3 Å². The van der Waals surface area contributed by atoms with Gasteiger partial charge in [-0.05, 0) is 73.9 Å². The molecule has 242 valence electrons. The van der Waals surface area contributed by atoms with Crippen LogP contribution in [-0.2, 0) is 14.8 Å². The maximum atomic E-state index is 13.7. The summed E-state index contributed by atoms with van der Waals surface area (Å²) in [6.45, 7) is 1.08. The summed E-state index contributed by atoms with van der Waals surface area (Å²) in [5, 5.41) is 14.6. The summed E-state index contributed by atoms with van der Waals surface area (Å²) in [6.07, 6.45) is -1.32. The zero-order valence-electron chi connectivity index (χ0n) is 23.2. The summed E-state index contributed by atoms with van der Waals surface area (Å²) in [4.78, 5) is 18.3. The zero-order valence-corrected chi connectivity index (χ0v) is 26.4. The lowest BCUT2D eigenvalue weighted by Gasteiger charge is -2.28. The highest BCUT2D eigenvalue weighted by molar-refractivity contribution is 7.89. The van der Waals surface area contributed by atoms with Crippen LogP contribution in [0.25, 0.3) is 10.9 Å². The van der Waals surface area contributed by atoms with Crippen molar-refractivity contribution in [3.63, 3.8) is 0 Å². The normalized spacial score (nSPS) is 16.9. The lowest BCUT2D eigenvalue weighted by atomic mass is 9.82. The van der Waals surface area contributed by atoms with E-state index in [0.717, 1.165) is 47.9 Å². The second-order valence-corrected chi connectivity index (χ2v) is 14.2. The Labute approximate surface area is 270 Å². The lowest BCUT2D eigenvalue weighted by Crippen LogP contribution is -2.32. The summed E-state index contributed by atoms with van der Waals surface area (Å²) in [5.41, 5.74) is 1.39. The second kappa shape index (κ2) is 14.9. The molecule has 17 heteroatoms. The van der Waals surface area contributed by atoms with Crippen LogP contribution in [0.2, 0.25) is 8.67 Å². The van der Waals surface area contributed by atoms with E-state index in [1.165, 1.54) is 18.2 Å². The quantitative estimate of drug-likeness (QED) is 0.130. The molecule has 0 aliphatic heterocycles. The minimum Gasteiger partial charge on any atom is -0.475 e. The van der Waals surface area contributed by atoms with Crippen molar-refractivity contribution in [1.82, 2.24) is 14.7 Å². The van der Waals surface area contributed by atoms with Gasteiger partial charge in [0.05, 0.1) is 9.85 Å². The number of hydrogen-bond acceptors (Lipinski definition) is 8. The van der Waals surface area contributed by atoms with Gasteiger partial charge in [-0.3, -0.25) is 0 Å². The molecule has 4 N–H and O–H groups in total. The number of carboxylic acid groups (broad SMARTS) is 1. The molecule has 5 rings (SSSR count). The third kappa shape index (κ3) is 9.87. The van der Waals surface area contributed by atoms with Crippen LogP contribution in [0.4, 0.5) is 35.0 Å². The van der Waals surface area contributed by atoms with E-state index in [1.807, 2.05) is 24.3 Å². The number of anilines is 3. The number of benzene rings is 2. The second-order valence-electron chi connectivity index (χ2n) is 10.2. The fourth-order valence-electron chi connectivity index (χ4n) is 4.64. The minimum atomic E-state index is -5.08. The van der Waals surface area contributed by atoms with Crippen molar-refractivity contribution < 1.29 is 35.9 Å². The van der Waals surface area contributed by atoms with Crippen LogP contribution in [0.1, 0.15) is 25.7 Å². The smallest absolute Gasteiger partial charge is 0.475 e. The Balaban J connectivity index is 0.000000591. The average molecular weight is 709 g/mol. The van der Waals surface area contributed by atoms with Gasteiger partial charge in [0.15, 0.2) is 0 Å². The van der Waals surface area contributed by atoms with E-state index in [0.29, 0.717) is 40.8 Å². The Morgan fingerprint density at radius 1 is 0.978 bits per heavy atom. The molecular formula is C28H27Cl2F4N5O4S2. The van der Waals surface area contributed by atoms with Gasteiger partial charge < -0.3 is 15.7 Å². The number of nitrogens with one attached hydrogen (secondary N) is 3. The number of aliphatic carboxylic acids is 1. The molecule has 1 aliphatic carbocycles. The number of carboxylic acids is 1. The number of nitrogens with zero attached hydrogens (tertiary/aromatic N) is 2. The first-order chi connectivity index (χ1) is 21.2. The summed E-state index contributed by atoms with van der Waals surface area (Å²) in [7, 11) is -3.69. The molecule has 1 aliphatic rings. The van der Waals surface area contributed by atoms with Gasteiger partial charge in [0.1, 0.15) is 20.9 Å². The predicted molar refractivity (Wildman–Crippen MR) is 166 cm³/mol. The van der Waals surface area contributed by atoms with E-state index in [4.69, 9.17) is 33.1 Å². The Kier molecular flexibility index (Phi) is 11.5. The topological polar surface area (TPSA) is 133 Å². The number of thiophene rings is 1. The van der Waals surface area contributed by atoms with Crippen molar-refractivity contribution in [2.75, 3.05) is 23.7 Å². The van der Waals surface area contributed by atoms with Crippen LogP contribution in [0.15, 0.2) is 59.5 Å². The molecule has 0 saturated heterocycles. The number of para-hydroxylation sites is 1. The maximum absolute atomic E-state index is 13.7. The summed E-state index contributed by atoms with van der Waals surface area (Å²) < 4.78 is 73.8. The number of aromatic nitrogens is 2. The highest BCUT2D eigenvalue weighted by atomic mass is 35.5. The number of alkyl halides is 3. The molecular weight excluding hydrogens is 681 g/mol. The molecule has 4 aromatic rings. The fraction of sp³-hybridized carbons (Fsp3) is 0.321. The molecule has 2 aromatic heterocycles. The third-order valence-electron chi connectivity index (χ3n) is 6.93. The van der Waals surface area contributed by atoms with E-state index in [-0.39, 0.29) is 21.0 Å². The lowest BCUT2D eigenvalue weighted by molar-refractivity contribution is -0.192. The number of hydrogen-bond donors (Lipinski definition) is 4. The van der Waals surface area contributed by atoms with Crippen molar-refractivity contribution in [2.45, 2.75) is 36.8 Å². The number of sulfonamides is 1. The first-order valence-corrected chi connectivity index (χ1v) is 16.5. The van der Waals surface area contributed by atoms with Gasteiger partial charge in [-0.1, -0.05) is 41.4 Å². The first-order valence-electron chi connectivity index (χ1n) is 13.5. The number of fused-ring (bicyclic) bond motifs is 1. The van der Waals surface area contributed by atoms with Crippen LogP contribution < -0.4 is 15.4 Å². The maximum Gasteiger partial charge on any atom is 0.490 e. The number of carbonyl (C=O) groups is 1. The fourth-order valence-corrected chi connectivity index (χ4v) is 7.91. The Morgan fingerprint density at radius 3 is 2.22 bits per heavy atom. The van der Waals surface area contributed by atoms with Crippen molar-refractivity contribution >= 4 is 78.9 Å². The summed E-state index contributed by atoms with van der Waals surface area (Å²) in [6, 6.07) is 15.3. The molecule has 0 amide bonds. The van der Waals surface area contributed by atoms with E-state index >= 15 is 0 Å². The molecule has 0 unspecified atom stereocenters. The van der Waals surface area contributed by atoms with E-state index < -0.39 is 22.2 Å². The molecule has 0 atom stereocenters. The van der Waals surface area contributed by atoms with Crippen LogP contribution in [0.5, 0.6) is 0 Å². The Hall–Kier alpha value is -3.24. The van der Waals surface area contributed by atoms with Crippen LogP contribution in [0.3, 0.4) is 0 Å². The Morgan fingerprint density at radius 2 is 1.62 bits per heavy atom. The highest BCUT2D eigenvalue weighted by Gasteiger charge is 2.38.